The lowest BCUT2D eigenvalue weighted by Gasteiger charge is -2.34. The number of piperidine rings is 1. The Morgan fingerprint density at radius 3 is 2.93 bits per heavy atom. The van der Waals surface area contributed by atoms with Crippen LogP contribution in [0.2, 0.25) is 0 Å². The zero-order valence-electron chi connectivity index (χ0n) is 9.61. The Kier molecular flexibility index (Phi) is 5.05. The second kappa shape index (κ2) is 6.08. The Labute approximate surface area is 91.2 Å². The molecule has 2 unspecified atom stereocenters. The minimum absolute atomic E-state index is 0.128. The molecule has 2 atom stereocenters. The highest BCUT2D eigenvalue weighted by Gasteiger charge is 2.24. The summed E-state index contributed by atoms with van der Waals surface area (Å²) in [6, 6.07) is 0. The largest absolute Gasteiger partial charge is 0.466 e. The predicted octanol–water partition coefficient (Wildman–Crippen LogP) is 0.642. The van der Waals surface area contributed by atoms with Crippen LogP contribution in [0.15, 0.2) is 0 Å². The second-order valence-corrected chi connectivity index (χ2v) is 4.19. The number of hydrogen-bond acceptors (Lipinski definition) is 4. The minimum Gasteiger partial charge on any atom is -0.466 e. The predicted molar refractivity (Wildman–Crippen MR) is 57.5 cm³/mol. The van der Waals surface area contributed by atoms with Crippen LogP contribution < -0.4 is 0 Å². The fraction of sp³-hybridized carbons (Fsp3) is 0.909. The van der Waals surface area contributed by atoms with Crippen LogP contribution in [0.4, 0.5) is 0 Å². The van der Waals surface area contributed by atoms with Crippen LogP contribution in [-0.4, -0.2) is 48.3 Å². The van der Waals surface area contributed by atoms with E-state index in [0.717, 1.165) is 26.1 Å². The molecule has 0 aromatic heterocycles. The standard InChI is InChI=1S/C11H21NO3/c1-3-15-11(14)5-7-12-6-4-10(13)9(2)8-12/h9-10,13H,3-8H2,1-2H3. The third-order valence-corrected chi connectivity index (χ3v) is 2.88. The number of esters is 1. The lowest BCUT2D eigenvalue weighted by Crippen LogP contribution is -2.42. The van der Waals surface area contributed by atoms with Crippen molar-refractivity contribution in [1.82, 2.24) is 4.90 Å². The van der Waals surface area contributed by atoms with Crippen LogP contribution >= 0.6 is 0 Å². The molecular formula is C11H21NO3. The monoisotopic (exact) mass is 215 g/mol. The Hall–Kier alpha value is -0.610. The third-order valence-electron chi connectivity index (χ3n) is 2.88. The van der Waals surface area contributed by atoms with Crippen LogP contribution in [0.25, 0.3) is 0 Å². The number of aliphatic hydroxyl groups is 1. The molecular weight excluding hydrogens is 194 g/mol. The van der Waals surface area contributed by atoms with Crippen molar-refractivity contribution in [2.75, 3.05) is 26.2 Å². The van der Waals surface area contributed by atoms with Crippen molar-refractivity contribution in [1.29, 1.82) is 0 Å². The van der Waals surface area contributed by atoms with Crippen LogP contribution in [0, 0.1) is 5.92 Å². The molecule has 1 rings (SSSR count). The summed E-state index contributed by atoms with van der Waals surface area (Å²) in [7, 11) is 0. The second-order valence-electron chi connectivity index (χ2n) is 4.19. The molecule has 4 heteroatoms. The molecule has 15 heavy (non-hydrogen) atoms. The summed E-state index contributed by atoms with van der Waals surface area (Å²) in [6.07, 6.45) is 1.09. The van der Waals surface area contributed by atoms with E-state index in [-0.39, 0.29) is 12.1 Å². The summed E-state index contributed by atoms with van der Waals surface area (Å²) < 4.78 is 4.87. The van der Waals surface area contributed by atoms with Gasteiger partial charge in [-0.3, -0.25) is 4.79 Å². The molecule has 1 N–H and O–H groups in total. The molecule has 4 nitrogen and oxygen atoms in total. The molecule has 1 saturated heterocycles. The Morgan fingerprint density at radius 2 is 2.33 bits per heavy atom. The van der Waals surface area contributed by atoms with Crippen molar-refractivity contribution in [2.45, 2.75) is 32.8 Å². The summed E-state index contributed by atoms with van der Waals surface area (Å²) in [6.45, 7) is 6.81. The van der Waals surface area contributed by atoms with Crippen molar-refractivity contribution in [3.05, 3.63) is 0 Å². The van der Waals surface area contributed by atoms with Crippen molar-refractivity contribution in [3.8, 4) is 0 Å². The summed E-state index contributed by atoms with van der Waals surface area (Å²) in [5.41, 5.74) is 0. The smallest absolute Gasteiger partial charge is 0.307 e. The van der Waals surface area contributed by atoms with Crippen molar-refractivity contribution < 1.29 is 14.6 Å². The van der Waals surface area contributed by atoms with Gasteiger partial charge in [0, 0.05) is 19.6 Å². The molecule has 0 saturated carbocycles. The van der Waals surface area contributed by atoms with Gasteiger partial charge in [0.1, 0.15) is 0 Å². The van der Waals surface area contributed by atoms with Crippen LogP contribution in [0.5, 0.6) is 0 Å². The summed E-state index contributed by atoms with van der Waals surface area (Å²) in [5.74, 6) is 0.178. The molecule has 0 aromatic rings. The lowest BCUT2D eigenvalue weighted by atomic mass is 9.97. The number of likely N-dealkylation sites (tertiary alicyclic amines) is 1. The van der Waals surface area contributed by atoms with Crippen LogP contribution in [0.1, 0.15) is 26.7 Å². The molecule has 1 aliphatic heterocycles. The molecule has 88 valence electrons. The van der Waals surface area contributed by atoms with E-state index in [0.29, 0.717) is 18.9 Å². The van der Waals surface area contributed by atoms with Gasteiger partial charge >= 0.3 is 5.97 Å². The number of ether oxygens (including phenoxy) is 1. The molecule has 0 amide bonds. The molecule has 0 bridgehead atoms. The number of carbonyl (C=O) groups excluding carboxylic acids is 1. The van der Waals surface area contributed by atoms with E-state index < -0.39 is 0 Å². The molecule has 0 radical (unpaired) electrons. The average Bonchev–Trinajstić information content (AvgIpc) is 2.20. The first-order valence-corrected chi connectivity index (χ1v) is 5.69. The first kappa shape index (κ1) is 12.5. The Balaban J connectivity index is 2.19. The van der Waals surface area contributed by atoms with E-state index in [1.165, 1.54) is 0 Å². The van der Waals surface area contributed by atoms with E-state index in [2.05, 4.69) is 4.90 Å². The molecule has 0 aromatic carbocycles. The van der Waals surface area contributed by atoms with Gasteiger partial charge in [0.25, 0.3) is 0 Å². The van der Waals surface area contributed by atoms with Crippen LogP contribution in [0.3, 0.4) is 0 Å². The number of carbonyl (C=O) groups is 1. The lowest BCUT2D eigenvalue weighted by molar-refractivity contribution is -0.143. The van der Waals surface area contributed by atoms with Gasteiger partial charge in [0.2, 0.25) is 0 Å². The maximum atomic E-state index is 11.1. The highest BCUT2D eigenvalue weighted by molar-refractivity contribution is 5.69. The van der Waals surface area contributed by atoms with Gasteiger partial charge in [-0.25, -0.2) is 0 Å². The summed E-state index contributed by atoms with van der Waals surface area (Å²) >= 11 is 0. The van der Waals surface area contributed by atoms with Gasteiger partial charge < -0.3 is 14.7 Å². The molecule has 1 fully saturated rings. The quantitative estimate of drug-likeness (QED) is 0.699. The molecule has 1 heterocycles. The summed E-state index contributed by atoms with van der Waals surface area (Å²) in [4.78, 5) is 13.3. The molecule has 0 aliphatic carbocycles. The first-order valence-electron chi connectivity index (χ1n) is 5.69. The van der Waals surface area contributed by atoms with E-state index in [4.69, 9.17) is 4.74 Å². The van der Waals surface area contributed by atoms with Gasteiger partial charge in [0.05, 0.1) is 19.1 Å². The Morgan fingerprint density at radius 1 is 1.60 bits per heavy atom. The van der Waals surface area contributed by atoms with Gasteiger partial charge in [-0.2, -0.15) is 0 Å². The van der Waals surface area contributed by atoms with Gasteiger partial charge in [-0.15, -0.1) is 0 Å². The highest BCUT2D eigenvalue weighted by atomic mass is 16.5. The molecule has 0 spiro atoms. The average molecular weight is 215 g/mol. The number of aliphatic hydroxyl groups excluding tert-OH is 1. The zero-order valence-corrected chi connectivity index (χ0v) is 9.61. The van der Waals surface area contributed by atoms with Crippen molar-refractivity contribution >= 4 is 5.97 Å². The Bertz CT molecular complexity index is 208. The van der Waals surface area contributed by atoms with E-state index in [1.54, 1.807) is 0 Å². The van der Waals surface area contributed by atoms with E-state index >= 15 is 0 Å². The number of rotatable bonds is 4. The van der Waals surface area contributed by atoms with Gasteiger partial charge in [-0.05, 0) is 19.3 Å². The fourth-order valence-corrected chi connectivity index (χ4v) is 1.91. The van der Waals surface area contributed by atoms with Gasteiger partial charge in [-0.1, -0.05) is 6.92 Å². The van der Waals surface area contributed by atoms with E-state index in [9.17, 15) is 9.90 Å². The van der Waals surface area contributed by atoms with Gasteiger partial charge in [0.15, 0.2) is 0 Å². The summed E-state index contributed by atoms with van der Waals surface area (Å²) in [5, 5.41) is 9.54. The van der Waals surface area contributed by atoms with Crippen LogP contribution in [-0.2, 0) is 9.53 Å². The van der Waals surface area contributed by atoms with E-state index in [1.807, 2.05) is 13.8 Å². The maximum Gasteiger partial charge on any atom is 0.307 e. The maximum absolute atomic E-state index is 11.1. The number of nitrogens with zero attached hydrogens (tertiary/aromatic N) is 1. The first-order chi connectivity index (χ1) is 7.13. The third kappa shape index (κ3) is 4.18. The van der Waals surface area contributed by atoms with Crippen molar-refractivity contribution in [2.24, 2.45) is 5.92 Å². The van der Waals surface area contributed by atoms with Crippen molar-refractivity contribution in [3.63, 3.8) is 0 Å². The topological polar surface area (TPSA) is 49.8 Å². The fourth-order valence-electron chi connectivity index (χ4n) is 1.91. The normalized spacial score (nSPS) is 27.7. The number of hydrogen-bond donors (Lipinski definition) is 1. The minimum atomic E-state index is -0.177. The zero-order chi connectivity index (χ0) is 11.3. The highest BCUT2D eigenvalue weighted by Crippen LogP contribution is 2.16. The SMILES string of the molecule is CCOC(=O)CCN1CCC(O)C(C)C1. The molecule has 1 aliphatic rings.